The SMILES string of the molecule is CCCCOC1=C(C)NC=C(C(=O)OC)C1OC(C)=O. The number of methoxy groups -OCH3 is 1. The summed E-state index contributed by atoms with van der Waals surface area (Å²) in [5, 5.41) is 2.93. The molecule has 0 aliphatic carbocycles. The number of hydrogen-bond donors (Lipinski definition) is 1. The van der Waals surface area contributed by atoms with Gasteiger partial charge in [-0.3, -0.25) is 4.79 Å². The maximum Gasteiger partial charge on any atom is 0.339 e. The molecule has 1 N–H and O–H groups in total. The van der Waals surface area contributed by atoms with Crippen LogP contribution in [0.1, 0.15) is 33.6 Å². The van der Waals surface area contributed by atoms with Crippen LogP contribution in [0.3, 0.4) is 0 Å². The van der Waals surface area contributed by atoms with Crippen LogP contribution in [0.4, 0.5) is 0 Å². The van der Waals surface area contributed by atoms with E-state index in [9.17, 15) is 9.59 Å². The Bertz CT molecular complexity index is 439. The van der Waals surface area contributed by atoms with Crippen molar-refractivity contribution >= 4 is 11.9 Å². The molecule has 0 radical (unpaired) electrons. The molecule has 0 aromatic heterocycles. The van der Waals surface area contributed by atoms with Crippen LogP contribution in [-0.2, 0) is 23.8 Å². The Balaban J connectivity index is 2.96. The number of nitrogens with one attached hydrogen (secondary N) is 1. The molecule has 6 nitrogen and oxygen atoms in total. The maximum atomic E-state index is 11.7. The van der Waals surface area contributed by atoms with E-state index in [4.69, 9.17) is 14.2 Å². The Kier molecular flexibility index (Phi) is 6.09. The Labute approximate surface area is 118 Å². The first kappa shape index (κ1) is 16.1. The molecule has 0 aromatic rings. The Hall–Kier alpha value is -1.98. The molecular formula is C14H21NO5. The molecule has 1 atom stereocenters. The Morgan fingerprint density at radius 1 is 1.40 bits per heavy atom. The molecule has 1 rings (SSSR count). The van der Waals surface area contributed by atoms with Crippen molar-refractivity contribution in [2.75, 3.05) is 13.7 Å². The summed E-state index contributed by atoms with van der Waals surface area (Å²) in [6.07, 6.45) is 2.47. The van der Waals surface area contributed by atoms with Gasteiger partial charge in [-0.25, -0.2) is 4.79 Å². The molecule has 0 spiro atoms. The van der Waals surface area contributed by atoms with Crippen molar-refractivity contribution in [3.63, 3.8) is 0 Å². The van der Waals surface area contributed by atoms with Crippen LogP contribution in [0, 0.1) is 0 Å². The number of unbranched alkanes of at least 4 members (excludes halogenated alkanes) is 1. The lowest BCUT2D eigenvalue weighted by Gasteiger charge is -2.27. The fraction of sp³-hybridized carbons (Fsp3) is 0.571. The van der Waals surface area contributed by atoms with E-state index in [1.165, 1.54) is 20.2 Å². The van der Waals surface area contributed by atoms with Crippen molar-refractivity contribution < 1.29 is 23.8 Å². The van der Waals surface area contributed by atoms with Gasteiger partial charge in [0.05, 0.1) is 19.4 Å². The highest BCUT2D eigenvalue weighted by molar-refractivity contribution is 5.91. The second-order valence-electron chi connectivity index (χ2n) is 4.42. The fourth-order valence-corrected chi connectivity index (χ4v) is 1.75. The van der Waals surface area contributed by atoms with Crippen LogP contribution in [0.5, 0.6) is 0 Å². The summed E-state index contributed by atoms with van der Waals surface area (Å²) in [6.45, 7) is 5.63. The lowest BCUT2D eigenvalue weighted by atomic mass is 10.0. The number of allylic oxidation sites excluding steroid dienone is 1. The third-order valence-corrected chi connectivity index (χ3v) is 2.79. The van der Waals surface area contributed by atoms with Crippen molar-refractivity contribution in [1.29, 1.82) is 0 Å². The number of ether oxygens (including phenoxy) is 3. The van der Waals surface area contributed by atoms with Crippen LogP contribution in [0.25, 0.3) is 0 Å². The second kappa shape index (κ2) is 7.57. The number of dihydropyridines is 1. The minimum atomic E-state index is -0.863. The minimum Gasteiger partial charge on any atom is -0.492 e. The number of esters is 2. The average Bonchev–Trinajstić information content (AvgIpc) is 2.41. The first-order valence-corrected chi connectivity index (χ1v) is 6.57. The van der Waals surface area contributed by atoms with Gasteiger partial charge in [0.2, 0.25) is 0 Å². The summed E-state index contributed by atoms with van der Waals surface area (Å²) in [5.74, 6) is -0.611. The van der Waals surface area contributed by atoms with Crippen LogP contribution in [-0.4, -0.2) is 31.8 Å². The van der Waals surface area contributed by atoms with Gasteiger partial charge in [0.25, 0.3) is 0 Å². The van der Waals surface area contributed by atoms with Gasteiger partial charge in [-0.15, -0.1) is 0 Å². The van der Waals surface area contributed by atoms with Gasteiger partial charge in [0, 0.05) is 13.1 Å². The quantitative estimate of drug-likeness (QED) is 0.590. The third-order valence-electron chi connectivity index (χ3n) is 2.79. The van der Waals surface area contributed by atoms with E-state index in [-0.39, 0.29) is 5.57 Å². The molecule has 0 fully saturated rings. The van der Waals surface area contributed by atoms with E-state index < -0.39 is 18.0 Å². The van der Waals surface area contributed by atoms with Gasteiger partial charge in [-0.2, -0.15) is 0 Å². The largest absolute Gasteiger partial charge is 0.492 e. The summed E-state index contributed by atoms with van der Waals surface area (Å²) >= 11 is 0. The van der Waals surface area contributed by atoms with E-state index in [2.05, 4.69) is 5.32 Å². The standard InChI is InChI=1S/C14H21NO5/c1-5-6-7-19-12-9(2)15-8-11(14(17)18-4)13(12)20-10(3)16/h8,13,15H,5-7H2,1-4H3. The smallest absolute Gasteiger partial charge is 0.339 e. The van der Waals surface area contributed by atoms with E-state index in [0.717, 1.165) is 12.8 Å². The Morgan fingerprint density at radius 3 is 2.65 bits per heavy atom. The zero-order valence-electron chi connectivity index (χ0n) is 12.3. The monoisotopic (exact) mass is 283 g/mol. The molecule has 1 aliphatic rings. The minimum absolute atomic E-state index is 0.208. The summed E-state index contributed by atoms with van der Waals surface area (Å²) in [5.41, 5.74) is 0.916. The average molecular weight is 283 g/mol. The van der Waals surface area contributed by atoms with E-state index >= 15 is 0 Å². The molecule has 1 unspecified atom stereocenters. The van der Waals surface area contributed by atoms with E-state index in [1.54, 1.807) is 6.92 Å². The van der Waals surface area contributed by atoms with E-state index in [0.29, 0.717) is 18.1 Å². The first-order chi connectivity index (χ1) is 9.51. The highest BCUT2D eigenvalue weighted by Gasteiger charge is 2.33. The molecule has 112 valence electrons. The molecule has 0 saturated carbocycles. The van der Waals surface area contributed by atoms with E-state index in [1.807, 2.05) is 6.92 Å². The fourth-order valence-electron chi connectivity index (χ4n) is 1.75. The summed E-state index contributed by atoms with van der Waals surface area (Å²) in [7, 11) is 1.27. The van der Waals surface area contributed by atoms with Crippen molar-refractivity contribution in [1.82, 2.24) is 5.32 Å². The summed E-state index contributed by atoms with van der Waals surface area (Å²) in [6, 6.07) is 0. The molecule has 20 heavy (non-hydrogen) atoms. The second-order valence-corrected chi connectivity index (χ2v) is 4.42. The van der Waals surface area contributed by atoms with Crippen molar-refractivity contribution in [2.45, 2.75) is 39.7 Å². The molecule has 0 saturated heterocycles. The molecule has 0 bridgehead atoms. The van der Waals surface area contributed by atoms with Crippen LogP contribution in [0.2, 0.25) is 0 Å². The molecule has 6 heteroatoms. The van der Waals surface area contributed by atoms with Crippen molar-refractivity contribution in [3.05, 3.63) is 23.2 Å². The number of carbonyl (C=O) groups is 2. The lowest BCUT2D eigenvalue weighted by molar-refractivity contribution is -0.147. The van der Waals surface area contributed by atoms with Crippen LogP contribution >= 0.6 is 0 Å². The molecule has 1 aliphatic heterocycles. The highest BCUT2D eigenvalue weighted by atomic mass is 16.6. The van der Waals surface area contributed by atoms with Gasteiger partial charge in [0.1, 0.15) is 5.57 Å². The van der Waals surface area contributed by atoms with Gasteiger partial charge >= 0.3 is 11.9 Å². The Morgan fingerprint density at radius 2 is 2.10 bits per heavy atom. The van der Waals surface area contributed by atoms with Gasteiger partial charge in [-0.1, -0.05) is 13.3 Å². The van der Waals surface area contributed by atoms with Gasteiger partial charge < -0.3 is 19.5 Å². The zero-order chi connectivity index (χ0) is 15.1. The van der Waals surface area contributed by atoms with Crippen molar-refractivity contribution in [3.8, 4) is 0 Å². The summed E-state index contributed by atoms with van der Waals surface area (Å²) in [4.78, 5) is 23.0. The molecular weight excluding hydrogens is 262 g/mol. The van der Waals surface area contributed by atoms with Gasteiger partial charge in [0.15, 0.2) is 11.9 Å². The third kappa shape index (κ3) is 4.01. The number of hydrogen-bond acceptors (Lipinski definition) is 6. The first-order valence-electron chi connectivity index (χ1n) is 6.57. The van der Waals surface area contributed by atoms with Gasteiger partial charge in [-0.05, 0) is 13.3 Å². The summed E-state index contributed by atoms with van der Waals surface area (Å²) < 4.78 is 15.6. The molecule has 1 heterocycles. The van der Waals surface area contributed by atoms with Crippen LogP contribution in [0.15, 0.2) is 23.2 Å². The zero-order valence-corrected chi connectivity index (χ0v) is 12.3. The van der Waals surface area contributed by atoms with Crippen molar-refractivity contribution in [2.24, 2.45) is 0 Å². The number of carbonyl (C=O) groups excluding carboxylic acids is 2. The topological polar surface area (TPSA) is 73.9 Å². The molecule has 0 amide bonds. The molecule has 0 aromatic carbocycles. The maximum absolute atomic E-state index is 11.7. The normalized spacial score (nSPS) is 18.0. The highest BCUT2D eigenvalue weighted by Crippen LogP contribution is 2.25. The van der Waals surface area contributed by atoms with Crippen LogP contribution < -0.4 is 5.32 Å². The number of rotatable bonds is 6. The lowest BCUT2D eigenvalue weighted by Crippen LogP contribution is -2.34. The predicted molar refractivity (Wildman–Crippen MR) is 72.3 cm³/mol. The predicted octanol–water partition coefficient (Wildman–Crippen LogP) is 1.63.